The van der Waals surface area contributed by atoms with E-state index in [2.05, 4.69) is 53.3 Å². The molecule has 0 aliphatic rings. The van der Waals surface area contributed by atoms with E-state index >= 15 is 0 Å². The molecule has 1 atom stereocenters. The first-order valence-electron chi connectivity index (χ1n) is 6.23. The van der Waals surface area contributed by atoms with Gasteiger partial charge in [0.2, 0.25) is 0 Å². The van der Waals surface area contributed by atoms with Gasteiger partial charge in [0, 0.05) is 0 Å². The summed E-state index contributed by atoms with van der Waals surface area (Å²) in [6, 6.07) is 11.5. The van der Waals surface area contributed by atoms with Gasteiger partial charge < -0.3 is 5.32 Å². The highest BCUT2D eigenvalue weighted by atomic mass is 79.9. The number of aryl methyl sites for hydroxylation is 1. The third-order valence-electron chi connectivity index (χ3n) is 3.52. The number of nitrogens with one attached hydrogen (secondary N) is 1. The van der Waals surface area contributed by atoms with E-state index in [1.54, 1.807) is 0 Å². The molecule has 0 aromatic heterocycles. The molecule has 0 radical (unpaired) electrons. The molecule has 1 unspecified atom stereocenters. The fourth-order valence-corrected chi connectivity index (χ4v) is 2.68. The summed E-state index contributed by atoms with van der Waals surface area (Å²) < 4.78 is 13.8. The Balaban J connectivity index is 2.50. The van der Waals surface area contributed by atoms with Gasteiger partial charge in [0.1, 0.15) is 5.82 Å². The monoisotopic (exact) mass is 321 g/mol. The standard InChI is InChI=1S/C16H17BrFN/c1-10-5-4-6-13(11(10)2)16(19-3)12-7-8-15(18)14(17)9-12/h4-9,16,19H,1-3H3. The van der Waals surface area contributed by atoms with Crippen LogP contribution >= 0.6 is 15.9 Å². The number of rotatable bonds is 3. The number of halogens is 2. The van der Waals surface area contributed by atoms with E-state index in [1.807, 2.05) is 19.2 Å². The number of benzene rings is 2. The Hall–Kier alpha value is -1.19. The van der Waals surface area contributed by atoms with Crippen LogP contribution in [0.3, 0.4) is 0 Å². The predicted octanol–water partition coefficient (Wildman–Crippen LogP) is 4.51. The summed E-state index contributed by atoms with van der Waals surface area (Å²) in [5.41, 5.74) is 4.80. The maximum atomic E-state index is 13.3. The van der Waals surface area contributed by atoms with Gasteiger partial charge in [-0.15, -0.1) is 0 Å². The van der Waals surface area contributed by atoms with Gasteiger partial charge in [0.05, 0.1) is 10.5 Å². The maximum absolute atomic E-state index is 13.3. The van der Waals surface area contributed by atoms with Crippen LogP contribution in [-0.4, -0.2) is 7.05 Å². The van der Waals surface area contributed by atoms with Crippen molar-refractivity contribution in [3.8, 4) is 0 Å². The Bertz CT molecular complexity index is 595. The van der Waals surface area contributed by atoms with Crippen LogP contribution in [-0.2, 0) is 0 Å². The fourth-order valence-electron chi connectivity index (χ4n) is 2.28. The second kappa shape index (κ2) is 5.85. The average molecular weight is 322 g/mol. The Labute approximate surface area is 122 Å². The zero-order valence-electron chi connectivity index (χ0n) is 11.3. The first kappa shape index (κ1) is 14.2. The summed E-state index contributed by atoms with van der Waals surface area (Å²) in [6.45, 7) is 4.22. The lowest BCUT2D eigenvalue weighted by atomic mass is 9.93. The van der Waals surface area contributed by atoms with Crippen LogP contribution in [0.4, 0.5) is 4.39 Å². The van der Waals surface area contributed by atoms with Crippen LogP contribution in [0.25, 0.3) is 0 Å². The molecule has 0 saturated heterocycles. The third kappa shape index (κ3) is 2.88. The summed E-state index contributed by atoms with van der Waals surface area (Å²) in [5.74, 6) is -0.237. The number of hydrogen-bond donors (Lipinski definition) is 1. The molecule has 0 spiro atoms. The Morgan fingerprint density at radius 3 is 2.53 bits per heavy atom. The van der Waals surface area contributed by atoms with Gasteiger partial charge in [-0.3, -0.25) is 0 Å². The van der Waals surface area contributed by atoms with Gasteiger partial charge in [0.25, 0.3) is 0 Å². The molecule has 19 heavy (non-hydrogen) atoms. The van der Waals surface area contributed by atoms with Gasteiger partial charge in [-0.25, -0.2) is 4.39 Å². The minimum absolute atomic E-state index is 0.0665. The largest absolute Gasteiger partial charge is 0.309 e. The molecule has 1 nitrogen and oxygen atoms in total. The lowest BCUT2D eigenvalue weighted by Crippen LogP contribution is -2.19. The van der Waals surface area contributed by atoms with Crippen molar-refractivity contribution in [3.63, 3.8) is 0 Å². The molecule has 100 valence electrons. The maximum Gasteiger partial charge on any atom is 0.137 e. The van der Waals surface area contributed by atoms with Crippen molar-refractivity contribution in [2.45, 2.75) is 19.9 Å². The van der Waals surface area contributed by atoms with Crippen LogP contribution < -0.4 is 5.32 Å². The van der Waals surface area contributed by atoms with Crippen molar-refractivity contribution in [1.29, 1.82) is 0 Å². The second-order valence-electron chi connectivity index (χ2n) is 4.68. The zero-order valence-corrected chi connectivity index (χ0v) is 12.9. The smallest absolute Gasteiger partial charge is 0.137 e. The first-order valence-corrected chi connectivity index (χ1v) is 7.02. The van der Waals surface area contributed by atoms with Crippen molar-refractivity contribution >= 4 is 15.9 Å². The van der Waals surface area contributed by atoms with Crippen molar-refractivity contribution in [1.82, 2.24) is 5.32 Å². The topological polar surface area (TPSA) is 12.0 Å². The van der Waals surface area contributed by atoms with Crippen molar-refractivity contribution < 1.29 is 4.39 Å². The molecule has 0 aliphatic carbocycles. The van der Waals surface area contributed by atoms with Gasteiger partial charge >= 0.3 is 0 Å². The van der Waals surface area contributed by atoms with Gasteiger partial charge in [-0.05, 0) is 71.2 Å². The average Bonchev–Trinajstić information content (AvgIpc) is 2.39. The molecule has 0 aliphatic heterocycles. The lowest BCUT2D eigenvalue weighted by Gasteiger charge is -2.21. The minimum Gasteiger partial charge on any atom is -0.309 e. The van der Waals surface area contributed by atoms with E-state index in [0.29, 0.717) is 4.47 Å². The molecule has 0 saturated carbocycles. The summed E-state index contributed by atoms with van der Waals surface area (Å²) in [4.78, 5) is 0. The molecule has 2 aromatic rings. The molecule has 0 amide bonds. The van der Waals surface area contributed by atoms with Crippen molar-refractivity contribution in [2.75, 3.05) is 7.05 Å². The quantitative estimate of drug-likeness (QED) is 0.876. The SMILES string of the molecule is CNC(c1ccc(F)c(Br)c1)c1cccc(C)c1C. The van der Waals surface area contributed by atoms with E-state index in [-0.39, 0.29) is 11.9 Å². The highest BCUT2D eigenvalue weighted by Gasteiger charge is 2.16. The molecule has 2 aromatic carbocycles. The normalized spacial score (nSPS) is 12.5. The molecule has 0 heterocycles. The van der Waals surface area contributed by atoms with Crippen LogP contribution in [0, 0.1) is 19.7 Å². The van der Waals surface area contributed by atoms with E-state index < -0.39 is 0 Å². The van der Waals surface area contributed by atoms with Crippen LogP contribution in [0.1, 0.15) is 28.3 Å². The van der Waals surface area contributed by atoms with Crippen LogP contribution in [0.15, 0.2) is 40.9 Å². The summed E-state index contributed by atoms with van der Waals surface area (Å²) in [5, 5.41) is 3.31. The summed E-state index contributed by atoms with van der Waals surface area (Å²) in [7, 11) is 1.92. The van der Waals surface area contributed by atoms with Crippen molar-refractivity contribution in [2.24, 2.45) is 0 Å². The van der Waals surface area contributed by atoms with Gasteiger partial charge in [-0.1, -0.05) is 24.3 Å². The molecule has 0 fully saturated rings. The van der Waals surface area contributed by atoms with E-state index in [4.69, 9.17) is 0 Å². The second-order valence-corrected chi connectivity index (χ2v) is 5.54. The van der Waals surface area contributed by atoms with E-state index in [9.17, 15) is 4.39 Å². The third-order valence-corrected chi connectivity index (χ3v) is 4.13. The molecule has 2 rings (SSSR count). The lowest BCUT2D eigenvalue weighted by molar-refractivity contribution is 0.616. The first-order chi connectivity index (χ1) is 9.04. The van der Waals surface area contributed by atoms with Gasteiger partial charge in [0.15, 0.2) is 0 Å². The number of hydrogen-bond acceptors (Lipinski definition) is 1. The Kier molecular flexibility index (Phi) is 4.38. The Morgan fingerprint density at radius 2 is 1.89 bits per heavy atom. The zero-order chi connectivity index (χ0) is 14.0. The molecule has 3 heteroatoms. The van der Waals surface area contributed by atoms with Gasteiger partial charge in [-0.2, -0.15) is 0 Å². The van der Waals surface area contributed by atoms with Crippen LogP contribution in [0.5, 0.6) is 0 Å². The van der Waals surface area contributed by atoms with Crippen molar-refractivity contribution in [3.05, 3.63) is 68.9 Å². The highest BCUT2D eigenvalue weighted by Crippen LogP contribution is 2.28. The van der Waals surface area contributed by atoms with E-state index in [1.165, 1.54) is 22.8 Å². The molecule has 0 bridgehead atoms. The van der Waals surface area contributed by atoms with Crippen LogP contribution in [0.2, 0.25) is 0 Å². The van der Waals surface area contributed by atoms with E-state index in [0.717, 1.165) is 5.56 Å². The predicted molar refractivity (Wildman–Crippen MR) is 80.9 cm³/mol. The highest BCUT2D eigenvalue weighted by molar-refractivity contribution is 9.10. The molecular formula is C16H17BrFN. The summed E-state index contributed by atoms with van der Waals surface area (Å²) >= 11 is 3.25. The molecular weight excluding hydrogens is 305 g/mol. The Morgan fingerprint density at radius 1 is 1.16 bits per heavy atom. The summed E-state index contributed by atoms with van der Waals surface area (Å²) in [6.07, 6.45) is 0. The fraction of sp³-hybridized carbons (Fsp3) is 0.250. The molecule has 1 N–H and O–H groups in total. The minimum atomic E-state index is -0.237.